The Morgan fingerprint density at radius 2 is 2.14 bits per heavy atom. The van der Waals surface area contributed by atoms with Gasteiger partial charge in [0.05, 0.1) is 5.52 Å². The molecule has 3 nitrogen and oxygen atoms in total. The highest BCUT2D eigenvalue weighted by Crippen LogP contribution is 2.19. The minimum absolute atomic E-state index is 0.691. The average Bonchev–Trinajstić information content (AvgIpc) is 2.59. The number of pyridine rings is 1. The monoisotopic (exact) mass is 293 g/mol. The van der Waals surface area contributed by atoms with E-state index in [1.165, 1.54) is 36.9 Å². The number of piperidine rings is 1. The number of hydrogen-bond acceptors (Lipinski definition) is 3. The number of fused-ring (bicyclic) bond motifs is 1. The molecular formula is C19H23N3. The third-order valence-corrected chi connectivity index (χ3v) is 4.69. The molecule has 1 aliphatic heterocycles. The Morgan fingerprint density at radius 3 is 2.86 bits per heavy atom. The fourth-order valence-corrected chi connectivity index (χ4v) is 3.23. The first-order chi connectivity index (χ1) is 10.8. The number of likely N-dealkylation sites (tertiary alicyclic amines) is 1. The van der Waals surface area contributed by atoms with Gasteiger partial charge in [-0.15, -0.1) is 6.42 Å². The molecule has 114 valence electrons. The lowest BCUT2D eigenvalue weighted by Gasteiger charge is -2.31. The van der Waals surface area contributed by atoms with Crippen molar-refractivity contribution >= 4 is 10.9 Å². The maximum atomic E-state index is 5.52. The van der Waals surface area contributed by atoms with E-state index >= 15 is 0 Å². The van der Waals surface area contributed by atoms with Crippen molar-refractivity contribution in [3.63, 3.8) is 0 Å². The molecule has 3 rings (SSSR count). The van der Waals surface area contributed by atoms with Crippen LogP contribution in [0.15, 0.2) is 30.5 Å². The van der Waals surface area contributed by atoms with E-state index in [9.17, 15) is 0 Å². The van der Waals surface area contributed by atoms with Crippen LogP contribution in [0.1, 0.15) is 24.0 Å². The zero-order valence-corrected chi connectivity index (χ0v) is 13.2. The van der Waals surface area contributed by atoms with Crippen molar-refractivity contribution in [3.8, 4) is 12.3 Å². The molecule has 2 heterocycles. The lowest BCUT2D eigenvalue weighted by Crippen LogP contribution is -2.41. The highest BCUT2D eigenvalue weighted by Gasteiger charge is 2.17. The average molecular weight is 293 g/mol. The Hall–Kier alpha value is -1.89. The van der Waals surface area contributed by atoms with Crippen molar-refractivity contribution in [2.45, 2.75) is 25.3 Å². The zero-order valence-electron chi connectivity index (χ0n) is 13.2. The molecule has 0 bridgehead atoms. The number of aromatic nitrogens is 1. The predicted octanol–water partition coefficient (Wildman–Crippen LogP) is 2.44. The van der Waals surface area contributed by atoms with Gasteiger partial charge >= 0.3 is 0 Å². The molecule has 0 saturated carbocycles. The van der Waals surface area contributed by atoms with E-state index in [2.05, 4.69) is 40.3 Å². The molecule has 0 radical (unpaired) electrons. The SMILES string of the molecule is C#Cc1ccc2nccc(CCN3CCC(NC)CC3)c2c1. The van der Waals surface area contributed by atoms with Crippen molar-refractivity contribution in [2.24, 2.45) is 0 Å². The van der Waals surface area contributed by atoms with Crippen molar-refractivity contribution in [2.75, 3.05) is 26.7 Å². The van der Waals surface area contributed by atoms with Crippen LogP contribution in [0.2, 0.25) is 0 Å². The van der Waals surface area contributed by atoms with Crippen LogP contribution in [0.5, 0.6) is 0 Å². The molecule has 3 heteroatoms. The van der Waals surface area contributed by atoms with Crippen LogP contribution in [0, 0.1) is 12.3 Å². The number of hydrogen-bond donors (Lipinski definition) is 1. The van der Waals surface area contributed by atoms with Gasteiger partial charge in [0.25, 0.3) is 0 Å². The summed E-state index contributed by atoms with van der Waals surface area (Å²) in [7, 11) is 2.06. The maximum absolute atomic E-state index is 5.52. The summed E-state index contributed by atoms with van der Waals surface area (Å²) in [5.41, 5.74) is 3.31. The van der Waals surface area contributed by atoms with Gasteiger partial charge in [0, 0.05) is 29.7 Å². The highest BCUT2D eigenvalue weighted by atomic mass is 15.1. The lowest BCUT2D eigenvalue weighted by molar-refractivity contribution is 0.204. The molecule has 1 aliphatic rings. The third-order valence-electron chi connectivity index (χ3n) is 4.69. The summed E-state index contributed by atoms with van der Waals surface area (Å²) in [6.07, 6.45) is 11.0. The molecule has 0 unspecified atom stereocenters. The standard InChI is InChI=1S/C19H23N3/c1-3-15-4-5-19-18(14-15)16(6-10-21-19)7-11-22-12-8-17(20-2)9-13-22/h1,4-6,10,14,17,20H,7-9,11-13H2,2H3. The second-order valence-electron chi connectivity index (χ2n) is 6.00. The molecular weight excluding hydrogens is 270 g/mol. The summed E-state index contributed by atoms with van der Waals surface area (Å²) in [5, 5.41) is 4.58. The minimum Gasteiger partial charge on any atom is -0.317 e. The first-order valence-electron chi connectivity index (χ1n) is 8.04. The van der Waals surface area contributed by atoms with Crippen molar-refractivity contribution < 1.29 is 0 Å². The van der Waals surface area contributed by atoms with Crippen LogP contribution >= 0.6 is 0 Å². The van der Waals surface area contributed by atoms with Gasteiger partial charge in [0.15, 0.2) is 0 Å². The molecule has 2 aromatic rings. The topological polar surface area (TPSA) is 28.2 Å². The Bertz CT molecular complexity index is 679. The van der Waals surface area contributed by atoms with Crippen LogP contribution in [0.3, 0.4) is 0 Å². The second-order valence-corrected chi connectivity index (χ2v) is 6.00. The third kappa shape index (κ3) is 3.30. The van der Waals surface area contributed by atoms with Gasteiger partial charge < -0.3 is 10.2 Å². The van der Waals surface area contributed by atoms with Gasteiger partial charge in [-0.05, 0) is 69.2 Å². The Kier molecular flexibility index (Phi) is 4.72. The number of rotatable bonds is 4. The van der Waals surface area contributed by atoms with Gasteiger partial charge in [-0.1, -0.05) is 5.92 Å². The van der Waals surface area contributed by atoms with Crippen LogP contribution in [-0.2, 0) is 6.42 Å². The molecule has 0 aliphatic carbocycles. The molecule has 1 fully saturated rings. The first-order valence-corrected chi connectivity index (χ1v) is 8.04. The fraction of sp³-hybridized carbons (Fsp3) is 0.421. The molecule has 1 saturated heterocycles. The maximum Gasteiger partial charge on any atom is 0.0705 e. The van der Waals surface area contributed by atoms with E-state index < -0.39 is 0 Å². The van der Waals surface area contributed by atoms with E-state index in [0.29, 0.717) is 6.04 Å². The van der Waals surface area contributed by atoms with Crippen LogP contribution in [0.4, 0.5) is 0 Å². The quantitative estimate of drug-likeness (QED) is 0.878. The van der Waals surface area contributed by atoms with E-state index in [1.807, 2.05) is 18.3 Å². The summed E-state index contributed by atoms with van der Waals surface area (Å²) in [6.45, 7) is 3.48. The zero-order chi connectivity index (χ0) is 15.4. The number of benzene rings is 1. The summed E-state index contributed by atoms with van der Waals surface area (Å²) in [6, 6.07) is 8.89. The smallest absolute Gasteiger partial charge is 0.0705 e. The molecule has 22 heavy (non-hydrogen) atoms. The molecule has 1 N–H and O–H groups in total. The summed E-state index contributed by atoms with van der Waals surface area (Å²) < 4.78 is 0. The summed E-state index contributed by atoms with van der Waals surface area (Å²) in [4.78, 5) is 7.00. The number of nitrogens with zero attached hydrogens (tertiary/aromatic N) is 2. The summed E-state index contributed by atoms with van der Waals surface area (Å²) in [5.74, 6) is 2.72. The first kappa shape index (κ1) is 15.0. The minimum atomic E-state index is 0.691. The molecule has 0 spiro atoms. The van der Waals surface area contributed by atoms with Crippen molar-refractivity contribution in [1.82, 2.24) is 15.2 Å². The van der Waals surface area contributed by atoms with E-state index in [1.54, 1.807) is 0 Å². The van der Waals surface area contributed by atoms with Gasteiger partial charge in [-0.2, -0.15) is 0 Å². The van der Waals surface area contributed by atoms with Gasteiger partial charge in [0.1, 0.15) is 0 Å². The molecule has 0 amide bonds. The van der Waals surface area contributed by atoms with Crippen LogP contribution in [0.25, 0.3) is 10.9 Å². The van der Waals surface area contributed by atoms with Crippen molar-refractivity contribution in [3.05, 3.63) is 41.6 Å². The fourth-order valence-electron chi connectivity index (χ4n) is 3.23. The number of terminal acetylenes is 1. The van der Waals surface area contributed by atoms with E-state index in [4.69, 9.17) is 6.42 Å². The summed E-state index contributed by atoms with van der Waals surface area (Å²) >= 11 is 0. The van der Waals surface area contributed by atoms with Crippen LogP contribution < -0.4 is 5.32 Å². The molecule has 0 atom stereocenters. The lowest BCUT2D eigenvalue weighted by atomic mass is 10.0. The van der Waals surface area contributed by atoms with Crippen molar-refractivity contribution in [1.29, 1.82) is 0 Å². The highest BCUT2D eigenvalue weighted by molar-refractivity contribution is 5.83. The van der Waals surface area contributed by atoms with Gasteiger partial charge in [-0.3, -0.25) is 4.98 Å². The van der Waals surface area contributed by atoms with Gasteiger partial charge in [-0.25, -0.2) is 0 Å². The van der Waals surface area contributed by atoms with E-state index in [-0.39, 0.29) is 0 Å². The molecule has 1 aromatic heterocycles. The largest absolute Gasteiger partial charge is 0.317 e. The van der Waals surface area contributed by atoms with Crippen LogP contribution in [-0.4, -0.2) is 42.6 Å². The number of nitrogens with one attached hydrogen (secondary N) is 1. The predicted molar refractivity (Wildman–Crippen MR) is 91.9 cm³/mol. The Labute approximate surface area is 132 Å². The second kappa shape index (κ2) is 6.91. The van der Waals surface area contributed by atoms with E-state index in [0.717, 1.165) is 24.0 Å². The Balaban J connectivity index is 1.70. The Morgan fingerprint density at radius 1 is 1.32 bits per heavy atom. The molecule has 1 aromatic carbocycles. The normalized spacial score (nSPS) is 16.7. The van der Waals surface area contributed by atoms with Gasteiger partial charge in [0.2, 0.25) is 0 Å².